The zero-order valence-corrected chi connectivity index (χ0v) is 16.8. The summed E-state index contributed by atoms with van der Waals surface area (Å²) in [6, 6.07) is 9.29. The van der Waals surface area contributed by atoms with Gasteiger partial charge in [0.25, 0.3) is 5.91 Å². The molecule has 1 aromatic carbocycles. The highest BCUT2D eigenvalue weighted by atomic mass is 35.5. The number of amides is 1. The number of carbonyl (C=O) groups excluding carboxylic acids is 1. The molecule has 1 unspecified atom stereocenters. The van der Waals surface area contributed by atoms with E-state index in [1.807, 2.05) is 6.21 Å². The van der Waals surface area contributed by atoms with E-state index in [9.17, 15) is 4.79 Å². The lowest BCUT2D eigenvalue weighted by Gasteiger charge is -2.34. The molecule has 1 amide bonds. The summed E-state index contributed by atoms with van der Waals surface area (Å²) in [5.41, 5.74) is 3.46. The van der Waals surface area contributed by atoms with E-state index < -0.39 is 0 Å². The van der Waals surface area contributed by atoms with Crippen molar-refractivity contribution in [2.45, 2.75) is 44.2 Å². The van der Waals surface area contributed by atoms with Crippen molar-refractivity contribution in [2.75, 3.05) is 6.54 Å². The first-order valence-electron chi connectivity index (χ1n) is 9.69. The Morgan fingerprint density at radius 3 is 2.79 bits per heavy atom. The molecule has 1 fully saturated rings. The number of hydrogen-bond donors (Lipinski definition) is 0. The zero-order chi connectivity index (χ0) is 19.3. The highest BCUT2D eigenvalue weighted by Gasteiger charge is 2.40. The predicted octanol–water partition coefficient (Wildman–Crippen LogP) is 5.79. The van der Waals surface area contributed by atoms with Gasteiger partial charge in [-0.1, -0.05) is 23.2 Å². The second-order valence-corrected chi connectivity index (χ2v) is 8.57. The van der Waals surface area contributed by atoms with Gasteiger partial charge in [-0.2, -0.15) is 0 Å². The zero-order valence-electron chi connectivity index (χ0n) is 15.3. The summed E-state index contributed by atoms with van der Waals surface area (Å²) < 4.78 is 5.93. The molecule has 28 heavy (non-hydrogen) atoms. The fourth-order valence-corrected chi connectivity index (χ4v) is 4.61. The van der Waals surface area contributed by atoms with Crippen LogP contribution in [0.15, 0.2) is 50.9 Å². The van der Waals surface area contributed by atoms with Crippen LogP contribution in [-0.2, 0) is 0 Å². The van der Waals surface area contributed by atoms with Crippen molar-refractivity contribution in [3.05, 3.63) is 57.3 Å². The Bertz CT molecular complexity index is 1000. The van der Waals surface area contributed by atoms with Crippen LogP contribution in [0.5, 0.6) is 0 Å². The van der Waals surface area contributed by atoms with Crippen molar-refractivity contribution >= 4 is 35.3 Å². The minimum absolute atomic E-state index is 0.0316. The van der Waals surface area contributed by atoms with Crippen molar-refractivity contribution in [3.63, 3.8) is 0 Å². The van der Waals surface area contributed by atoms with Crippen LogP contribution in [0.4, 0.5) is 0 Å². The Kier molecular flexibility index (Phi) is 4.56. The Hall–Kier alpha value is -2.04. The molecular formula is C22H20Cl2N2O2. The SMILES string of the molecule is O=C(c1ccc(-c2cc(Cl)ccc2Cl)o1)N(C1CC1)C1CCC2=C(C=NC2)C1. The minimum Gasteiger partial charge on any atom is -0.451 e. The van der Waals surface area contributed by atoms with E-state index in [-0.39, 0.29) is 11.9 Å². The quantitative estimate of drug-likeness (QED) is 0.635. The summed E-state index contributed by atoms with van der Waals surface area (Å²) in [5, 5.41) is 1.12. The van der Waals surface area contributed by atoms with Gasteiger partial charge < -0.3 is 9.32 Å². The number of carbonyl (C=O) groups is 1. The normalized spacial score (nSPS) is 21.1. The number of nitrogens with zero attached hydrogens (tertiary/aromatic N) is 2. The lowest BCUT2D eigenvalue weighted by molar-refractivity contribution is 0.0613. The summed E-state index contributed by atoms with van der Waals surface area (Å²) in [4.78, 5) is 19.8. The number of rotatable bonds is 4. The summed E-state index contributed by atoms with van der Waals surface area (Å²) in [6.45, 7) is 0.835. The topological polar surface area (TPSA) is 45.8 Å². The molecule has 144 valence electrons. The Labute approximate surface area is 173 Å². The third-order valence-electron chi connectivity index (χ3n) is 5.80. The van der Waals surface area contributed by atoms with E-state index in [0.717, 1.165) is 38.6 Å². The number of aliphatic imine (C=N–C) groups is 1. The van der Waals surface area contributed by atoms with Crippen LogP contribution in [0.3, 0.4) is 0 Å². The molecule has 3 aliphatic rings. The number of hydrogen-bond acceptors (Lipinski definition) is 3. The van der Waals surface area contributed by atoms with Crippen LogP contribution in [0.25, 0.3) is 11.3 Å². The third kappa shape index (κ3) is 3.29. The lowest BCUT2D eigenvalue weighted by atomic mass is 9.88. The number of benzene rings is 1. The third-order valence-corrected chi connectivity index (χ3v) is 6.36. The first-order chi connectivity index (χ1) is 13.6. The predicted molar refractivity (Wildman–Crippen MR) is 111 cm³/mol. The Morgan fingerprint density at radius 1 is 1.11 bits per heavy atom. The maximum atomic E-state index is 13.3. The van der Waals surface area contributed by atoms with Crippen LogP contribution in [0.1, 0.15) is 42.7 Å². The molecule has 2 aliphatic carbocycles. The van der Waals surface area contributed by atoms with Gasteiger partial charge in [0.15, 0.2) is 5.76 Å². The van der Waals surface area contributed by atoms with Crippen LogP contribution >= 0.6 is 23.2 Å². The molecule has 0 radical (unpaired) electrons. The fourth-order valence-electron chi connectivity index (χ4n) is 4.22. The molecule has 2 heterocycles. The van der Waals surface area contributed by atoms with Crippen LogP contribution < -0.4 is 0 Å². The highest BCUT2D eigenvalue weighted by Crippen LogP contribution is 2.38. The van der Waals surface area contributed by atoms with Gasteiger partial charge in [-0.3, -0.25) is 9.79 Å². The summed E-state index contributed by atoms with van der Waals surface area (Å²) in [5.74, 6) is 0.886. The minimum atomic E-state index is -0.0316. The van der Waals surface area contributed by atoms with Gasteiger partial charge in [0, 0.05) is 28.9 Å². The van der Waals surface area contributed by atoms with Crippen LogP contribution in [0.2, 0.25) is 10.0 Å². The van der Waals surface area contributed by atoms with E-state index in [0.29, 0.717) is 33.2 Å². The van der Waals surface area contributed by atoms with Crippen molar-refractivity contribution in [1.29, 1.82) is 0 Å². The molecule has 1 aromatic heterocycles. The van der Waals surface area contributed by atoms with Gasteiger partial charge in [-0.25, -0.2) is 0 Å². The van der Waals surface area contributed by atoms with Gasteiger partial charge in [0.1, 0.15) is 5.76 Å². The van der Waals surface area contributed by atoms with Crippen molar-refractivity contribution < 1.29 is 9.21 Å². The lowest BCUT2D eigenvalue weighted by Crippen LogP contribution is -2.43. The molecule has 5 rings (SSSR count). The molecule has 0 saturated heterocycles. The van der Waals surface area contributed by atoms with Crippen LogP contribution in [-0.4, -0.2) is 35.7 Å². The fraction of sp³-hybridized carbons (Fsp3) is 0.364. The van der Waals surface area contributed by atoms with Gasteiger partial charge in [-0.05, 0) is 73.6 Å². The van der Waals surface area contributed by atoms with E-state index >= 15 is 0 Å². The average Bonchev–Trinajstić information content (AvgIpc) is 3.20. The molecule has 1 atom stereocenters. The molecular weight excluding hydrogens is 395 g/mol. The van der Waals surface area contributed by atoms with Crippen molar-refractivity contribution in [1.82, 2.24) is 4.90 Å². The molecule has 4 nitrogen and oxygen atoms in total. The van der Waals surface area contributed by atoms with E-state index in [1.54, 1.807) is 30.3 Å². The first kappa shape index (κ1) is 18.0. The maximum absolute atomic E-state index is 13.3. The molecule has 6 heteroatoms. The largest absolute Gasteiger partial charge is 0.451 e. The monoisotopic (exact) mass is 414 g/mol. The average molecular weight is 415 g/mol. The second kappa shape index (κ2) is 7.09. The second-order valence-electron chi connectivity index (χ2n) is 7.73. The Morgan fingerprint density at radius 2 is 1.96 bits per heavy atom. The molecule has 1 aliphatic heterocycles. The molecule has 0 N–H and O–H groups in total. The number of furan rings is 1. The standard InChI is InChI=1S/C22H20Cl2N2O2/c23-15-2-6-19(24)18(10-15)20-7-8-21(28-20)22(27)26(16-4-5-16)17-3-1-13-11-25-12-14(13)9-17/h2,6-8,10,12,16-17H,1,3-5,9,11H2. The maximum Gasteiger partial charge on any atom is 0.290 e. The molecule has 2 aromatic rings. The van der Waals surface area contributed by atoms with Gasteiger partial charge >= 0.3 is 0 Å². The highest BCUT2D eigenvalue weighted by molar-refractivity contribution is 6.35. The van der Waals surface area contributed by atoms with E-state index in [4.69, 9.17) is 27.6 Å². The smallest absolute Gasteiger partial charge is 0.290 e. The van der Waals surface area contributed by atoms with E-state index in [1.165, 1.54) is 11.1 Å². The summed E-state index contributed by atoms with van der Waals surface area (Å²) in [6.07, 6.45) is 7.04. The Balaban J connectivity index is 1.41. The van der Waals surface area contributed by atoms with Gasteiger partial charge in [-0.15, -0.1) is 0 Å². The van der Waals surface area contributed by atoms with Crippen molar-refractivity contribution in [3.8, 4) is 11.3 Å². The molecule has 1 saturated carbocycles. The van der Waals surface area contributed by atoms with Gasteiger partial charge in [0.2, 0.25) is 0 Å². The number of halogens is 2. The molecule has 0 spiro atoms. The molecule has 0 bridgehead atoms. The van der Waals surface area contributed by atoms with Crippen LogP contribution in [0, 0.1) is 0 Å². The summed E-state index contributed by atoms with van der Waals surface area (Å²) in [7, 11) is 0. The first-order valence-corrected chi connectivity index (χ1v) is 10.4. The van der Waals surface area contributed by atoms with Gasteiger partial charge in [0.05, 0.1) is 11.6 Å². The van der Waals surface area contributed by atoms with Crippen molar-refractivity contribution in [2.24, 2.45) is 4.99 Å². The van der Waals surface area contributed by atoms with E-state index in [2.05, 4.69) is 9.89 Å². The summed E-state index contributed by atoms with van der Waals surface area (Å²) >= 11 is 12.4.